The lowest BCUT2D eigenvalue weighted by Crippen LogP contribution is -2.57. The number of carboxylic acid groups (broad SMARTS) is 1. The van der Waals surface area contributed by atoms with Gasteiger partial charge in [0.1, 0.15) is 18.1 Å². The van der Waals surface area contributed by atoms with Gasteiger partial charge in [0.15, 0.2) is 5.96 Å². The van der Waals surface area contributed by atoms with E-state index in [1.54, 1.807) is 6.26 Å². The molecule has 0 rings (SSSR count). The Morgan fingerprint density at radius 3 is 1.92 bits per heavy atom. The molecule has 37 heavy (non-hydrogen) atoms. The van der Waals surface area contributed by atoms with E-state index in [1.165, 1.54) is 11.8 Å². The molecule has 212 valence electrons. The highest BCUT2D eigenvalue weighted by Gasteiger charge is 2.30. The minimum atomic E-state index is -1.55. The van der Waals surface area contributed by atoms with E-state index in [0.29, 0.717) is 38.1 Å². The summed E-state index contributed by atoms with van der Waals surface area (Å²) in [7, 11) is 0. The number of guanidine groups is 1. The molecule has 0 saturated heterocycles. The van der Waals surface area contributed by atoms with Crippen LogP contribution < -0.4 is 44.6 Å². The summed E-state index contributed by atoms with van der Waals surface area (Å²) in [5.74, 6) is -3.94. The Bertz CT molecular complexity index is 794. The summed E-state index contributed by atoms with van der Waals surface area (Å²) >= 11 is 1.41. The molecule has 0 aliphatic carbocycles. The second-order valence-electron chi connectivity index (χ2n) is 8.31. The molecule has 4 atom stereocenters. The molecule has 4 unspecified atom stereocenters. The average molecular weight is 548 g/mol. The van der Waals surface area contributed by atoms with E-state index in [2.05, 4.69) is 20.9 Å². The Balaban J connectivity index is 5.41. The summed E-state index contributed by atoms with van der Waals surface area (Å²) in [6.45, 7) is 0.685. The van der Waals surface area contributed by atoms with E-state index in [4.69, 9.17) is 28.7 Å². The molecule has 16 heteroatoms. The lowest BCUT2D eigenvalue weighted by molar-refractivity contribution is -0.143. The molecule has 14 N–H and O–H groups in total. The summed E-state index contributed by atoms with van der Waals surface area (Å²) in [5.41, 5.74) is 27.1. The molecular formula is C21H41N9O6S. The summed E-state index contributed by atoms with van der Waals surface area (Å²) in [5, 5.41) is 16.7. The van der Waals surface area contributed by atoms with E-state index in [1.807, 2.05) is 0 Å². The highest BCUT2D eigenvalue weighted by Crippen LogP contribution is 2.07. The molecule has 0 heterocycles. The molecular weight excluding hydrogens is 506 g/mol. The number of amides is 4. The van der Waals surface area contributed by atoms with Crippen LogP contribution >= 0.6 is 11.8 Å². The third-order valence-corrected chi connectivity index (χ3v) is 5.79. The number of primary amides is 1. The fourth-order valence-electron chi connectivity index (χ4n) is 3.14. The molecule has 0 aliphatic rings. The number of carboxylic acids is 1. The first-order valence-electron chi connectivity index (χ1n) is 11.8. The molecule has 0 spiro atoms. The fourth-order valence-corrected chi connectivity index (χ4v) is 3.61. The van der Waals surface area contributed by atoms with E-state index >= 15 is 0 Å². The molecule has 0 saturated carbocycles. The maximum atomic E-state index is 13.1. The van der Waals surface area contributed by atoms with Crippen LogP contribution in [-0.4, -0.2) is 89.9 Å². The van der Waals surface area contributed by atoms with Crippen molar-refractivity contribution >= 4 is 47.3 Å². The van der Waals surface area contributed by atoms with Crippen molar-refractivity contribution in [3.05, 3.63) is 0 Å². The quantitative estimate of drug-likeness (QED) is 0.0412. The smallest absolute Gasteiger partial charge is 0.326 e. The standard InChI is InChI=1S/C21H41N9O6S/c1-37-10-7-14(19(34)30-15(20(35)36)11-16(24)31)29-18(33)13(6-2-3-8-22)28-17(32)12(23)5-4-9-27-21(25)26/h12-15H,2-11,22-23H2,1H3,(H2,24,31)(H,28,32)(H,29,33)(H,30,34)(H,35,36)(H4,25,26,27). The van der Waals surface area contributed by atoms with Gasteiger partial charge in [-0.25, -0.2) is 4.79 Å². The van der Waals surface area contributed by atoms with Crippen molar-refractivity contribution in [1.82, 2.24) is 16.0 Å². The minimum absolute atomic E-state index is 0.0703. The van der Waals surface area contributed by atoms with Crippen molar-refractivity contribution in [2.75, 3.05) is 25.1 Å². The zero-order valence-corrected chi connectivity index (χ0v) is 21.9. The Morgan fingerprint density at radius 1 is 0.838 bits per heavy atom. The van der Waals surface area contributed by atoms with E-state index in [0.717, 1.165) is 0 Å². The predicted molar refractivity (Wildman–Crippen MR) is 141 cm³/mol. The predicted octanol–water partition coefficient (Wildman–Crippen LogP) is -3.34. The maximum absolute atomic E-state index is 13.1. The Labute approximate surface area is 220 Å². The Morgan fingerprint density at radius 2 is 1.41 bits per heavy atom. The molecule has 0 aromatic heterocycles. The van der Waals surface area contributed by atoms with Gasteiger partial charge in [0.05, 0.1) is 12.5 Å². The van der Waals surface area contributed by atoms with Gasteiger partial charge in [-0.05, 0) is 57.1 Å². The van der Waals surface area contributed by atoms with Crippen LogP contribution in [0.3, 0.4) is 0 Å². The van der Waals surface area contributed by atoms with E-state index in [-0.39, 0.29) is 25.2 Å². The third-order valence-electron chi connectivity index (χ3n) is 5.15. The molecule has 0 aromatic rings. The number of nitrogens with two attached hydrogens (primary N) is 5. The average Bonchev–Trinajstić information content (AvgIpc) is 2.82. The number of unbranched alkanes of at least 4 members (excludes halogenated alkanes) is 1. The molecule has 0 aromatic carbocycles. The first-order chi connectivity index (χ1) is 17.4. The molecule has 0 fully saturated rings. The number of carbonyl (C=O) groups is 5. The first kappa shape index (κ1) is 33.9. The maximum Gasteiger partial charge on any atom is 0.326 e. The third kappa shape index (κ3) is 15.6. The highest BCUT2D eigenvalue weighted by molar-refractivity contribution is 7.98. The minimum Gasteiger partial charge on any atom is -0.480 e. The number of hydrogen-bond donors (Lipinski definition) is 9. The molecule has 15 nitrogen and oxygen atoms in total. The van der Waals surface area contributed by atoms with Gasteiger partial charge in [-0.2, -0.15) is 11.8 Å². The summed E-state index contributed by atoms with van der Waals surface area (Å²) in [4.78, 5) is 64.9. The number of rotatable bonds is 20. The van der Waals surface area contributed by atoms with Crippen LogP contribution in [-0.2, 0) is 24.0 Å². The summed E-state index contributed by atoms with van der Waals surface area (Å²) in [6, 6.07) is -4.58. The normalized spacial score (nSPS) is 13.9. The largest absolute Gasteiger partial charge is 0.480 e. The fraction of sp³-hybridized carbons (Fsp3) is 0.714. The van der Waals surface area contributed by atoms with Crippen molar-refractivity contribution in [1.29, 1.82) is 0 Å². The van der Waals surface area contributed by atoms with Crippen molar-refractivity contribution in [2.45, 2.75) is 69.1 Å². The number of nitrogens with one attached hydrogen (secondary N) is 3. The molecule has 4 amide bonds. The number of nitrogens with zero attached hydrogens (tertiary/aromatic N) is 1. The van der Waals surface area contributed by atoms with Crippen molar-refractivity contribution in [3.63, 3.8) is 0 Å². The molecule has 0 radical (unpaired) electrons. The zero-order valence-electron chi connectivity index (χ0n) is 21.1. The van der Waals surface area contributed by atoms with Gasteiger partial charge in [-0.1, -0.05) is 0 Å². The Hall–Kier alpha value is -3.11. The summed E-state index contributed by atoms with van der Waals surface area (Å²) < 4.78 is 0. The monoisotopic (exact) mass is 547 g/mol. The van der Waals surface area contributed by atoms with Crippen LogP contribution in [0.4, 0.5) is 0 Å². The van der Waals surface area contributed by atoms with Gasteiger partial charge in [0, 0.05) is 6.54 Å². The van der Waals surface area contributed by atoms with Crippen molar-refractivity contribution < 1.29 is 29.1 Å². The van der Waals surface area contributed by atoms with Crippen LogP contribution in [0, 0.1) is 0 Å². The van der Waals surface area contributed by atoms with Gasteiger partial charge >= 0.3 is 5.97 Å². The van der Waals surface area contributed by atoms with Gasteiger partial charge in [-0.3, -0.25) is 24.2 Å². The second-order valence-corrected chi connectivity index (χ2v) is 9.30. The van der Waals surface area contributed by atoms with E-state index < -0.39 is 60.2 Å². The summed E-state index contributed by atoms with van der Waals surface area (Å²) in [6.07, 6.45) is 3.46. The zero-order chi connectivity index (χ0) is 28.4. The van der Waals surface area contributed by atoms with Crippen LogP contribution in [0.15, 0.2) is 4.99 Å². The number of aliphatic imine (C=N–C) groups is 1. The number of aliphatic carboxylic acids is 1. The van der Waals surface area contributed by atoms with Gasteiger partial charge < -0.3 is 49.7 Å². The molecule has 0 aliphatic heterocycles. The Kier molecular flexibility index (Phi) is 17.5. The van der Waals surface area contributed by atoms with Crippen molar-refractivity contribution in [3.8, 4) is 0 Å². The highest BCUT2D eigenvalue weighted by atomic mass is 32.2. The van der Waals surface area contributed by atoms with Gasteiger partial charge in [0.25, 0.3) is 0 Å². The van der Waals surface area contributed by atoms with Crippen LogP contribution in [0.1, 0.15) is 44.9 Å². The van der Waals surface area contributed by atoms with Gasteiger partial charge in [0.2, 0.25) is 23.6 Å². The first-order valence-corrected chi connectivity index (χ1v) is 13.2. The lowest BCUT2D eigenvalue weighted by atomic mass is 10.1. The molecule has 0 bridgehead atoms. The number of hydrogen-bond acceptors (Lipinski definition) is 9. The van der Waals surface area contributed by atoms with E-state index in [9.17, 15) is 29.1 Å². The number of thioether (sulfide) groups is 1. The second kappa shape index (κ2) is 19.1. The van der Waals surface area contributed by atoms with Crippen LogP contribution in [0.25, 0.3) is 0 Å². The lowest BCUT2D eigenvalue weighted by Gasteiger charge is -2.25. The number of carbonyl (C=O) groups excluding carboxylic acids is 4. The van der Waals surface area contributed by atoms with Crippen molar-refractivity contribution in [2.24, 2.45) is 33.7 Å². The van der Waals surface area contributed by atoms with Crippen LogP contribution in [0.2, 0.25) is 0 Å². The topological polar surface area (TPSA) is 284 Å². The van der Waals surface area contributed by atoms with Gasteiger partial charge in [-0.15, -0.1) is 0 Å². The van der Waals surface area contributed by atoms with Crippen LogP contribution in [0.5, 0.6) is 0 Å². The SMILES string of the molecule is CSCCC(NC(=O)C(CCCCN)NC(=O)C(N)CCCN=C(N)N)C(=O)NC(CC(N)=O)C(=O)O.